The van der Waals surface area contributed by atoms with Gasteiger partial charge in [0.1, 0.15) is 6.04 Å². The van der Waals surface area contributed by atoms with Gasteiger partial charge in [0.05, 0.1) is 12.0 Å². The summed E-state index contributed by atoms with van der Waals surface area (Å²) in [7, 11) is 1.27. The lowest BCUT2D eigenvalue weighted by atomic mass is 10.1. The first kappa shape index (κ1) is 15.0. The molecule has 7 nitrogen and oxygen atoms in total. The van der Waals surface area contributed by atoms with Crippen molar-refractivity contribution in [3.63, 3.8) is 0 Å². The zero-order valence-corrected chi connectivity index (χ0v) is 11.6. The summed E-state index contributed by atoms with van der Waals surface area (Å²) in [5.41, 5.74) is -0.0200. The number of methoxy groups -OCH3 is 1. The fourth-order valence-electron chi connectivity index (χ4n) is 2.05. The van der Waals surface area contributed by atoms with Gasteiger partial charge >= 0.3 is 5.97 Å². The van der Waals surface area contributed by atoms with E-state index in [4.69, 9.17) is 0 Å². The largest absolute Gasteiger partial charge is 0.467 e. The third kappa shape index (κ3) is 4.01. The highest BCUT2D eigenvalue weighted by Gasteiger charge is 2.31. The van der Waals surface area contributed by atoms with Crippen LogP contribution < -0.4 is 5.32 Å². The number of non-ortho nitro benzene ring substituents is 1. The van der Waals surface area contributed by atoms with E-state index in [1.165, 1.54) is 31.4 Å². The number of esters is 1. The number of nitrogens with zero attached hydrogens (tertiary/aromatic N) is 1. The molecule has 1 saturated carbocycles. The summed E-state index contributed by atoms with van der Waals surface area (Å²) < 4.78 is 4.68. The maximum absolute atomic E-state index is 12.1. The van der Waals surface area contributed by atoms with Crippen molar-refractivity contribution in [2.24, 2.45) is 5.92 Å². The van der Waals surface area contributed by atoms with E-state index in [1.807, 2.05) is 0 Å². The van der Waals surface area contributed by atoms with Crippen molar-refractivity contribution in [1.29, 1.82) is 0 Å². The Hall–Kier alpha value is -2.44. The van der Waals surface area contributed by atoms with Crippen LogP contribution in [0.3, 0.4) is 0 Å². The lowest BCUT2D eigenvalue weighted by Crippen LogP contribution is -2.41. The minimum atomic E-state index is -0.714. The Morgan fingerprint density at radius 3 is 2.76 bits per heavy atom. The number of benzene rings is 1. The van der Waals surface area contributed by atoms with Crippen LogP contribution in [0.5, 0.6) is 0 Å². The fraction of sp³-hybridized carbons (Fsp3) is 0.429. The molecular weight excluding hydrogens is 276 g/mol. The minimum absolute atomic E-state index is 0.147. The predicted molar refractivity (Wildman–Crippen MR) is 73.7 cm³/mol. The molecule has 7 heteroatoms. The standard InChI is InChI=1S/C14H16N2O5/c1-21-14(18)12(7-9-5-6-9)15-13(17)10-3-2-4-11(8-10)16(19)20/h2-4,8-9,12H,5-7H2,1H3,(H,15,17)/t12-/m1/s1. The van der Waals surface area contributed by atoms with Crippen LogP contribution in [0, 0.1) is 16.0 Å². The number of carbonyl (C=O) groups excluding carboxylic acids is 2. The SMILES string of the molecule is COC(=O)[C@@H](CC1CC1)NC(=O)c1cccc([N+](=O)[O-])c1. The first-order valence-corrected chi connectivity index (χ1v) is 6.64. The Labute approximate surface area is 121 Å². The van der Waals surface area contributed by atoms with Crippen LogP contribution in [0.25, 0.3) is 0 Å². The van der Waals surface area contributed by atoms with Crippen molar-refractivity contribution in [2.75, 3.05) is 7.11 Å². The van der Waals surface area contributed by atoms with Gasteiger partial charge in [-0.2, -0.15) is 0 Å². The molecule has 1 aromatic carbocycles. The summed E-state index contributed by atoms with van der Waals surface area (Å²) in [6.07, 6.45) is 2.62. The van der Waals surface area contributed by atoms with E-state index in [2.05, 4.69) is 10.1 Å². The molecule has 0 aliphatic heterocycles. The molecule has 1 N–H and O–H groups in total. The van der Waals surface area contributed by atoms with Crippen molar-refractivity contribution in [2.45, 2.75) is 25.3 Å². The van der Waals surface area contributed by atoms with Crippen molar-refractivity contribution in [1.82, 2.24) is 5.32 Å². The first-order valence-electron chi connectivity index (χ1n) is 6.64. The highest BCUT2D eigenvalue weighted by molar-refractivity contribution is 5.97. The molecule has 1 aromatic rings. The molecule has 0 unspecified atom stereocenters. The summed E-state index contributed by atoms with van der Waals surface area (Å²) in [6.45, 7) is 0. The molecule has 0 saturated heterocycles. The number of carbonyl (C=O) groups is 2. The molecule has 0 spiro atoms. The number of nitrogens with one attached hydrogen (secondary N) is 1. The smallest absolute Gasteiger partial charge is 0.328 e. The van der Waals surface area contributed by atoms with Gasteiger partial charge in [-0.25, -0.2) is 4.79 Å². The monoisotopic (exact) mass is 292 g/mol. The van der Waals surface area contributed by atoms with Gasteiger partial charge in [-0.15, -0.1) is 0 Å². The highest BCUT2D eigenvalue weighted by atomic mass is 16.6. The van der Waals surface area contributed by atoms with Crippen LogP contribution in [-0.2, 0) is 9.53 Å². The van der Waals surface area contributed by atoms with E-state index in [1.54, 1.807) is 0 Å². The Balaban J connectivity index is 2.08. The summed E-state index contributed by atoms with van der Waals surface area (Å²) >= 11 is 0. The number of rotatable bonds is 6. The Kier molecular flexibility index (Phi) is 4.52. The normalized spacial score (nSPS) is 15.1. The zero-order valence-electron chi connectivity index (χ0n) is 11.6. The second-order valence-electron chi connectivity index (χ2n) is 5.04. The van der Waals surface area contributed by atoms with Crippen molar-refractivity contribution < 1.29 is 19.2 Å². The van der Waals surface area contributed by atoms with Crippen molar-refractivity contribution in [3.05, 3.63) is 39.9 Å². The molecule has 1 atom stereocenters. The zero-order chi connectivity index (χ0) is 15.4. The molecule has 1 amide bonds. The van der Waals surface area contributed by atoms with Gasteiger partial charge in [-0.3, -0.25) is 14.9 Å². The molecule has 1 fully saturated rings. The quantitative estimate of drug-likeness (QED) is 0.488. The summed E-state index contributed by atoms with van der Waals surface area (Å²) in [4.78, 5) is 33.9. The maximum Gasteiger partial charge on any atom is 0.328 e. The summed E-state index contributed by atoms with van der Waals surface area (Å²) in [6, 6.07) is 4.67. The first-order chi connectivity index (χ1) is 10.0. The number of ether oxygens (including phenoxy) is 1. The number of nitro benzene ring substituents is 1. The second kappa shape index (κ2) is 6.34. The summed E-state index contributed by atoms with van der Waals surface area (Å²) in [5.74, 6) is -0.588. The molecular formula is C14H16N2O5. The lowest BCUT2D eigenvalue weighted by molar-refractivity contribution is -0.384. The highest BCUT2D eigenvalue weighted by Crippen LogP contribution is 2.33. The molecule has 0 aromatic heterocycles. The van der Waals surface area contributed by atoms with E-state index >= 15 is 0 Å². The number of nitro groups is 1. The van der Waals surface area contributed by atoms with E-state index in [9.17, 15) is 19.7 Å². The van der Waals surface area contributed by atoms with E-state index in [0.717, 1.165) is 12.8 Å². The van der Waals surface area contributed by atoms with Crippen molar-refractivity contribution in [3.8, 4) is 0 Å². The van der Waals surface area contributed by atoms with Crippen LogP contribution in [0.4, 0.5) is 5.69 Å². The Morgan fingerprint density at radius 1 is 1.48 bits per heavy atom. The Bertz CT molecular complexity index is 568. The van der Waals surface area contributed by atoms with Gasteiger partial charge in [-0.1, -0.05) is 18.9 Å². The number of hydrogen-bond acceptors (Lipinski definition) is 5. The Morgan fingerprint density at radius 2 is 2.19 bits per heavy atom. The molecule has 21 heavy (non-hydrogen) atoms. The van der Waals surface area contributed by atoms with Gasteiger partial charge in [-0.05, 0) is 18.4 Å². The van der Waals surface area contributed by atoms with Crippen LogP contribution in [0.1, 0.15) is 29.6 Å². The molecule has 0 radical (unpaired) electrons. The molecule has 1 aliphatic carbocycles. The van der Waals surface area contributed by atoms with Gasteiger partial charge < -0.3 is 10.1 Å². The van der Waals surface area contributed by atoms with Crippen LogP contribution in [0.15, 0.2) is 24.3 Å². The van der Waals surface area contributed by atoms with Gasteiger partial charge in [0, 0.05) is 17.7 Å². The lowest BCUT2D eigenvalue weighted by Gasteiger charge is -2.16. The van der Waals surface area contributed by atoms with Gasteiger partial charge in [0.2, 0.25) is 0 Å². The fourth-order valence-corrected chi connectivity index (χ4v) is 2.05. The molecule has 0 heterocycles. The molecule has 112 valence electrons. The van der Waals surface area contributed by atoms with Gasteiger partial charge in [0.25, 0.3) is 11.6 Å². The molecule has 1 aliphatic rings. The van der Waals surface area contributed by atoms with Gasteiger partial charge in [0.15, 0.2) is 0 Å². The number of hydrogen-bond donors (Lipinski definition) is 1. The molecule has 2 rings (SSSR count). The summed E-state index contributed by atoms with van der Waals surface area (Å²) in [5, 5.41) is 13.3. The maximum atomic E-state index is 12.1. The van der Waals surface area contributed by atoms with E-state index < -0.39 is 22.8 Å². The van der Waals surface area contributed by atoms with Crippen LogP contribution in [0.2, 0.25) is 0 Å². The average Bonchev–Trinajstić information content (AvgIpc) is 3.29. The predicted octanol–water partition coefficient (Wildman–Crippen LogP) is 1.67. The molecule has 0 bridgehead atoms. The van der Waals surface area contributed by atoms with E-state index in [-0.39, 0.29) is 11.3 Å². The topological polar surface area (TPSA) is 98.5 Å². The van der Waals surface area contributed by atoms with Crippen LogP contribution in [-0.4, -0.2) is 30.0 Å². The second-order valence-corrected chi connectivity index (χ2v) is 5.04. The minimum Gasteiger partial charge on any atom is -0.467 e. The van der Waals surface area contributed by atoms with Crippen molar-refractivity contribution >= 4 is 17.6 Å². The third-order valence-electron chi connectivity index (χ3n) is 3.38. The third-order valence-corrected chi connectivity index (χ3v) is 3.38. The van der Waals surface area contributed by atoms with Crippen LogP contribution >= 0.6 is 0 Å². The average molecular weight is 292 g/mol. The van der Waals surface area contributed by atoms with E-state index in [0.29, 0.717) is 12.3 Å². The number of amides is 1.